The maximum absolute atomic E-state index is 5.54. The van der Waals surface area contributed by atoms with E-state index in [1.54, 1.807) is 0 Å². The maximum Gasteiger partial charge on any atom is 0.292 e. The van der Waals surface area contributed by atoms with Crippen LogP contribution in [0.3, 0.4) is 0 Å². The van der Waals surface area contributed by atoms with Crippen molar-refractivity contribution in [3.8, 4) is 0 Å². The van der Waals surface area contributed by atoms with Gasteiger partial charge in [-0.05, 0) is 30.5 Å². The molecule has 2 nitrogen and oxygen atoms in total. The standard InChI is InChI=1S/C7H6ClNO/c8-7-9-5-3-1-2-4-6(5)10-7/h2,4H,1,3H2. The Hall–Kier alpha value is -0.760. The van der Waals surface area contributed by atoms with E-state index in [9.17, 15) is 0 Å². The predicted octanol–water partition coefficient (Wildman–Crippen LogP) is 2.29. The largest absolute Gasteiger partial charge is 0.428 e. The van der Waals surface area contributed by atoms with Crippen molar-refractivity contribution in [1.82, 2.24) is 4.98 Å². The Bertz CT molecular complexity index is 277. The number of rotatable bonds is 0. The fourth-order valence-corrected chi connectivity index (χ4v) is 1.24. The lowest BCUT2D eigenvalue weighted by Gasteiger charge is -1.97. The van der Waals surface area contributed by atoms with Gasteiger partial charge in [-0.2, -0.15) is 0 Å². The number of aromatic nitrogens is 1. The Morgan fingerprint density at radius 1 is 1.60 bits per heavy atom. The third-order valence-corrected chi connectivity index (χ3v) is 1.68. The summed E-state index contributed by atoms with van der Waals surface area (Å²) in [5.41, 5.74) is 0.979. The SMILES string of the molecule is Clc1nc2c(o1)C=CCC2. The second-order valence-electron chi connectivity index (χ2n) is 2.22. The molecule has 0 aromatic carbocycles. The number of fused-ring (bicyclic) bond motifs is 1. The number of halogens is 1. The molecule has 0 saturated carbocycles. The van der Waals surface area contributed by atoms with Gasteiger partial charge >= 0.3 is 0 Å². The Morgan fingerprint density at radius 3 is 3.30 bits per heavy atom. The van der Waals surface area contributed by atoms with Crippen LogP contribution in [0.2, 0.25) is 5.35 Å². The molecule has 1 aliphatic rings. The minimum atomic E-state index is 0.247. The van der Waals surface area contributed by atoms with Crippen LogP contribution < -0.4 is 0 Å². The van der Waals surface area contributed by atoms with Crippen LogP contribution in [-0.4, -0.2) is 4.98 Å². The highest BCUT2D eigenvalue weighted by molar-refractivity contribution is 6.27. The first-order valence-corrected chi connectivity index (χ1v) is 3.56. The molecule has 1 heterocycles. The molecule has 0 radical (unpaired) electrons. The first-order valence-electron chi connectivity index (χ1n) is 3.18. The summed E-state index contributed by atoms with van der Waals surface area (Å²) >= 11 is 5.54. The molecular formula is C7H6ClNO. The summed E-state index contributed by atoms with van der Waals surface area (Å²) in [6.45, 7) is 0. The van der Waals surface area contributed by atoms with Crippen LogP contribution in [0.25, 0.3) is 6.08 Å². The molecule has 10 heavy (non-hydrogen) atoms. The molecule has 0 N–H and O–H groups in total. The van der Waals surface area contributed by atoms with Gasteiger partial charge in [0.25, 0.3) is 5.35 Å². The summed E-state index contributed by atoms with van der Waals surface area (Å²) in [7, 11) is 0. The van der Waals surface area contributed by atoms with Crippen LogP contribution in [0.4, 0.5) is 0 Å². The zero-order valence-corrected chi connectivity index (χ0v) is 6.06. The van der Waals surface area contributed by atoms with E-state index in [1.807, 2.05) is 6.08 Å². The predicted molar refractivity (Wildman–Crippen MR) is 38.9 cm³/mol. The van der Waals surface area contributed by atoms with Gasteiger partial charge in [0.2, 0.25) is 0 Å². The number of nitrogens with zero attached hydrogens (tertiary/aromatic N) is 1. The van der Waals surface area contributed by atoms with E-state index in [-0.39, 0.29) is 5.35 Å². The van der Waals surface area contributed by atoms with Gasteiger partial charge in [-0.25, -0.2) is 4.98 Å². The number of oxazole rings is 1. The van der Waals surface area contributed by atoms with Crippen molar-refractivity contribution < 1.29 is 4.42 Å². The zero-order valence-electron chi connectivity index (χ0n) is 5.30. The molecule has 1 aromatic heterocycles. The minimum absolute atomic E-state index is 0.247. The highest BCUT2D eigenvalue weighted by Crippen LogP contribution is 2.21. The minimum Gasteiger partial charge on any atom is -0.428 e. The Morgan fingerprint density at radius 2 is 2.50 bits per heavy atom. The van der Waals surface area contributed by atoms with Gasteiger partial charge in [-0.15, -0.1) is 0 Å². The van der Waals surface area contributed by atoms with Gasteiger partial charge in [-0.3, -0.25) is 0 Å². The molecule has 1 aliphatic carbocycles. The van der Waals surface area contributed by atoms with Crippen molar-refractivity contribution in [2.45, 2.75) is 12.8 Å². The lowest BCUT2D eigenvalue weighted by atomic mass is 10.1. The second-order valence-corrected chi connectivity index (χ2v) is 2.54. The smallest absolute Gasteiger partial charge is 0.292 e. The number of allylic oxidation sites excluding steroid dienone is 1. The van der Waals surface area contributed by atoms with Crippen LogP contribution in [0.15, 0.2) is 10.5 Å². The molecular weight excluding hydrogens is 150 g/mol. The first-order chi connectivity index (χ1) is 4.86. The van der Waals surface area contributed by atoms with Crippen LogP contribution in [-0.2, 0) is 6.42 Å². The Balaban J connectivity index is 2.53. The summed E-state index contributed by atoms with van der Waals surface area (Å²) < 4.78 is 5.07. The molecule has 52 valence electrons. The average Bonchev–Trinajstić information content (AvgIpc) is 2.27. The lowest BCUT2D eigenvalue weighted by molar-refractivity contribution is 0.547. The topological polar surface area (TPSA) is 26.0 Å². The molecule has 0 aliphatic heterocycles. The van der Waals surface area contributed by atoms with Gasteiger partial charge in [0, 0.05) is 0 Å². The molecule has 0 unspecified atom stereocenters. The van der Waals surface area contributed by atoms with Crippen molar-refractivity contribution in [2.75, 3.05) is 0 Å². The van der Waals surface area contributed by atoms with E-state index in [0.717, 1.165) is 24.3 Å². The van der Waals surface area contributed by atoms with Gasteiger partial charge in [0.15, 0.2) is 5.76 Å². The zero-order chi connectivity index (χ0) is 6.97. The Labute approximate surface area is 63.5 Å². The highest BCUT2D eigenvalue weighted by Gasteiger charge is 2.10. The van der Waals surface area contributed by atoms with E-state index in [0.29, 0.717) is 0 Å². The summed E-state index contributed by atoms with van der Waals surface area (Å²) in [5, 5.41) is 0.247. The van der Waals surface area contributed by atoms with E-state index in [1.165, 1.54) is 0 Å². The van der Waals surface area contributed by atoms with E-state index < -0.39 is 0 Å². The molecule has 0 fully saturated rings. The molecule has 0 bridgehead atoms. The van der Waals surface area contributed by atoms with Crippen molar-refractivity contribution in [3.05, 3.63) is 22.9 Å². The second kappa shape index (κ2) is 2.13. The number of hydrogen-bond acceptors (Lipinski definition) is 2. The fraction of sp³-hybridized carbons (Fsp3) is 0.286. The van der Waals surface area contributed by atoms with Crippen molar-refractivity contribution in [3.63, 3.8) is 0 Å². The lowest BCUT2D eigenvalue weighted by Crippen LogP contribution is -1.90. The molecule has 0 atom stereocenters. The highest BCUT2D eigenvalue weighted by atomic mass is 35.5. The normalized spacial score (nSPS) is 15.3. The average molecular weight is 156 g/mol. The number of aryl methyl sites for hydroxylation is 1. The van der Waals surface area contributed by atoms with Gasteiger partial charge in [-0.1, -0.05) is 6.08 Å². The third-order valence-electron chi connectivity index (χ3n) is 1.52. The van der Waals surface area contributed by atoms with Gasteiger partial charge in [0.05, 0.1) is 5.69 Å². The fourth-order valence-electron chi connectivity index (χ4n) is 1.05. The van der Waals surface area contributed by atoms with Crippen molar-refractivity contribution in [1.29, 1.82) is 0 Å². The third kappa shape index (κ3) is 0.847. The van der Waals surface area contributed by atoms with E-state index in [2.05, 4.69) is 11.1 Å². The summed E-state index contributed by atoms with van der Waals surface area (Å²) in [4.78, 5) is 4.00. The van der Waals surface area contributed by atoms with Gasteiger partial charge < -0.3 is 4.42 Å². The van der Waals surface area contributed by atoms with Crippen molar-refractivity contribution in [2.24, 2.45) is 0 Å². The van der Waals surface area contributed by atoms with E-state index in [4.69, 9.17) is 16.0 Å². The number of hydrogen-bond donors (Lipinski definition) is 0. The van der Waals surface area contributed by atoms with Crippen LogP contribution in [0.5, 0.6) is 0 Å². The molecule has 1 aromatic rings. The Kier molecular flexibility index (Phi) is 1.27. The van der Waals surface area contributed by atoms with Crippen molar-refractivity contribution >= 4 is 17.7 Å². The monoisotopic (exact) mass is 155 g/mol. The first kappa shape index (κ1) is 5.98. The molecule has 0 amide bonds. The molecule has 2 rings (SSSR count). The van der Waals surface area contributed by atoms with Crippen LogP contribution in [0.1, 0.15) is 17.9 Å². The molecule has 0 spiro atoms. The molecule has 3 heteroatoms. The summed E-state index contributed by atoms with van der Waals surface area (Å²) in [5.74, 6) is 0.816. The maximum atomic E-state index is 5.54. The summed E-state index contributed by atoms with van der Waals surface area (Å²) in [6, 6.07) is 0. The van der Waals surface area contributed by atoms with E-state index >= 15 is 0 Å². The quantitative estimate of drug-likeness (QED) is 0.575. The van der Waals surface area contributed by atoms with Crippen LogP contribution >= 0.6 is 11.6 Å². The van der Waals surface area contributed by atoms with Crippen LogP contribution in [0, 0.1) is 0 Å². The van der Waals surface area contributed by atoms with Gasteiger partial charge in [0.1, 0.15) is 0 Å². The summed E-state index contributed by atoms with van der Waals surface area (Å²) in [6.07, 6.45) is 5.96. The molecule has 0 saturated heterocycles.